The first-order chi connectivity index (χ1) is 16.2. The van der Waals surface area contributed by atoms with Crippen LogP contribution in [0.25, 0.3) is 5.65 Å². The van der Waals surface area contributed by atoms with Crippen molar-refractivity contribution in [3.05, 3.63) is 59.7 Å². The zero-order chi connectivity index (χ0) is 22.6. The van der Waals surface area contributed by atoms with Crippen LogP contribution in [-0.4, -0.2) is 64.2 Å². The number of pyridine rings is 1. The van der Waals surface area contributed by atoms with Gasteiger partial charge in [0.15, 0.2) is 0 Å². The first-order valence-electron chi connectivity index (χ1n) is 11.7. The van der Waals surface area contributed by atoms with Crippen LogP contribution in [0.2, 0.25) is 0 Å². The van der Waals surface area contributed by atoms with Gasteiger partial charge in [0, 0.05) is 50.0 Å². The van der Waals surface area contributed by atoms with Gasteiger partial charge in [0.2, 0.25) is 0 Å². The van der Waals surface area contributed by atoms with Crippen LogP contribution in [0.3, 0.4) is 0 Å². The Kier molecular flexibility index (Phi) is 6.15. The lowest BCUT2D eigenvalue weighted by Crippen LogP contribution is -2.41. The highest BCUT2D eigenvalue weighted by Gasteiger charge is 2.27. The molecule has 2 aromatic heterocycles. The first kappa shape index (κ1) is 21.3. The van der Waals surface area contributed by atoms with Crippen molar-refractivity contribution in [3.63, 3.8) is 0 Å². The molecule has 3 aliphatic rings. The molecule has 2 aromatic rings. The molecule has 0 radical (unpaired) electrons. The molecule has 1 N–H and O–H groups in total. The number of dihydropyridines is 1. The number of carbonyl (C=O) groups is 2. The van der Waals surface area contributed by atoms with Crippen LogP contribution in [0.1, 0.15) is 42.5 Å². The number of piperidine rings is 1. The second kappa shape index (κ2) is 9.52. The molecule has 0 bridgehead atoms. The van der Waals surface area contributed by atoms with Crippen molar-refractivity contribution in [3.8, 4) is 0 Å². The number of hydrogen-bond donors (Lipinski definition) is 1. The number of allylic oxidation sites excluding steroid dienone is 1. The largest absolute Gasteiger partial charge is 0.352 e. The summed E-state index contributed by atoms with van der Waals surface area (Å²) in [6.45, 7) is 2.87. The highest BCUT2D eigenvalue weighted by atomic mass is 16.2. The maximum absolute atomic E-state index is 12.8. The maximum atomic E-state index is 12.8. The highest BCUT2D eigenvalue weighted by Crippen LogP contribution is 2.25. The van der Waals surface area contributed by atoms with Crippen molar-refractivity contribution in [1.82, 2.24) is 19.6 Å². The number of nitrogens with one attached hydrogen (secondary N) is 1. The number of fused-ring (bicyclic) bond motifs is 2. The fraction of sp³-hybridized carbons (Fsp3) is 0.400. The summed E-state index contributed by atoms with van der Waals surface area (Å²) < 4.78 is 1.85. The molecule has 3 aliphatic heterocycles. The zero-order valence-corrected chi connectivity index (χ0v) is 18.6. The molecule has 8 nitrogen and oxygen atoms in total. The van der Waals surface area contributed by atoms with Gasteiger partial charge in [-0.05, 0) is 49.5 Å². The van der Waals surface area contributed by atoms with E-state index in [1.807, 2.05) is 33.7 Å². The Balaban J connectivity index is 1.00. The number of imidazole rings is 1. The van der Waals surface area contributed by atoms with E-state index in [1.54, 1.807) is 24.7 Å². The van der Waals surface area contributed by atoms with Gasteiger partial charge < -0.3 is 14.6 Å². The molecular formula is C25H28N6O2. The first-order valence-corrected chi connectivity index (χ1v) is 11.7. The second-order valence-electron chi connectivity index (χ2n) is 8.78. The van der Waals surface area contributed by atoms with Gasteiger partial charge >= 0.3 is 0 Å². The lowest BCUT2D eigenvalue weighted by Gasteiger charge is -2.31. The van der Waals surface area contributed by atoms with Gasteiger partial charge in [0.05, 0.1) is 17.8 Å². The van der Waals surface area contributed by atoms with E-state index >= 15 is 0 Å². The SMILES string of the molecule is O=C(NCCCCC1CCN(C(=O)C2=NC3=CCN=CC3=C2)CC1)c1ccc2nccn2c1. The lowest BCUT2D eigenvalue weighted by atomic mass is 9.91. The van der Waals surface area contributed by atoms with E-state index in [4.69, 9.17) is 0 Å². The minimum Gasteiger partial charge on any atom is -0.352 e. The number of aromatic nitrogens is 2. The standard InChI is InChI=1S/C25H28N6O2/c32-24(19-4-5-23-27-11-14-31(23)17-19)28-9-2-1-3-18-7-12-30(13-8-18)25(33)22-15-20-16-26-10-6-21(20)29-22/h4-6,11,14-18H,1-3,7-10,12-13H2,(H,28,32). The van der Waals surface area contributed by atoms with Crippen molar-refractivity contribution in [2.75, 3.05) is 26.2 Å². The number of hydrogen-bond acceptors (Lipinski definition) is 5. The van der Waals surface area contributed by atoms with Crippen molar-refractivity contribution < 1.29 is 9.59 Å². The number of amides is 2. The Morgan fingerprint density at radius 1 is 1.15 bits per heavy atom. The Morgan fingerprint density at radius 2 is 2.03 bits per heavy atom. The van der Waals surface area contributed by atoms with Gasteiger partial charge in [-0.25, -0.2) is 9.98 Å². The molecule has 0 atom stereocenters. The van der Waals surface area contributed by atoms with Crippen molar-refractivity contribution in [2.45, 2.75) is 32.1 Å². The van der Waals surface area contributed by atoms with Crippen LogP contribution in [0.5, 0.6) is 0 Å². The summed E-state index contributed by atoms with van der Waals surface area (Å²) >= 11 is 0. The Hall–Kier alpha value is -3.55. The van der Waals surface area contributed by atoms with Crippen LogP contribution in [0, 0.1) is 5.92 Å². The number of rotatable bonds is 7. The molecule has 0 aliphatic carbocycles. The van der Waals surface area contributed by atoms with E-state index < -0.39 is 0 Å². The van der Waals surface area contributed by atoms with E-state index in [1.165, 1.54) is 0 Å². The summed E-state index contributed by atoms with van der Waals surface area (Å²) in [7, 11) is 0. The summed E-state index contributed by atoms with van der Waals surface area (Å²) in [5.41, 5.74) is 3.82. The number of unbranched alkanes of at least 4 members (excludes halogenated alkanes) is 1. The molecular weight excluding hydrogens is 416 g/mol. The Labute approximate surface area is 192 Å². The van der Waals surface area contributed by atoms with E-state index in [0.717, 1.165) is 62.1 Å². The molecule has 1 fully saturated rings. The van der Waals surface area contributed by atoms with Gasteiger partial charge in [-0.3, -0.25) is 14.6 Å². The van der Waals surface area contributed by atoms with Crippen molar-refractivity contribution in [2.24, 2.45) is 15.9 Å². The van der Waals surface area contributed by atoms with E-state index in [-0.39, 0.29) is 11.8 Å². The topological polar surface area (TPSA) is 91.4 Å². The highest BCUT2D eigenvalue weighted by molar-refractivity contribution is 6.45. The van der Waals surface area contributed by atoms with Gasteiger partial charge in [-0.15, -0.1) is 0 Å². The fourth-order valence-electron chi connectivity index (χ4n) is 4.62. The molecule has 33 heavy (non-hydrogen) atoms. The van der Waals surface area contributed by atoms with Crippen LogP contribution in [0.4, 0.5) is 0 Å². The van der Waals surface area contributed by atoms with Crippen LogP contribution >= 0.6 is 0 Å². The number of aliphatic imine (C=N–C) groups is 2. The van der Waals surface area contributed by atoms with E-state index in [2.05, 4.69) is 20.3 Å². The van der Waals surface area contributed by atoms with Gasteiger partial charge in [-0.1, -0.05) is 12.8 Å². The summed E-state index contributed by atoms with van der Waals surface area (Å²) in [5, 5.41) is 3.01. The van der Waals surface area contributed by atoms with Gasteiger partial charge in [0.1, 0.15) is 11.4 Å². The third kappa shape index (κ3) is 4.79. The predicted octanol–water partition coefficient (Wildman–Crippen LogP) is 2.82. The molecule has 8 heteroatoms. The van der Waals surface area contributed by atoms with Crippen LogP contribution in [0.15, 0.2) is 64.1 Å². The molecule has 1 saturated heterocycles. The van der Waals surface area contributed by atoms with Crippen LogP contribution < -0.4 is 5.32 Å². The Morgan fingerprint density at radius 3 is 2.88 bits per heavy atom. The quantitative estimate of drug-likeness (QED) is 0.666. The molecule has 0 spiro atoms. The second-order valence-corrected chi connectivity index (χ2v) is 8.78. The predicted molar refractivity (Wildman–Crippen MR) is 128 cm³/mol. The molecule has 5 heterocycles. The average molecular weight is 445 g/mol. The van der Waals surface area contributed by atoms with Crippen molar-refractivity contribution >= 4 is 29.4 Å². The van der Waals surface area contributed by atoms with Gasteiger partial charge in [-0.2, -0.15) is 0 Å². The molecule has 170 valence electrons. The maximum Gasteiger partial charge on any atom is 0.272 e. The van der Waals surface area contributed by atoms with Crippen molar-refractivity contribution in [1.29, 1.82) is 0 Å². The summed E-state index contributed by atoms with van der Waals surface area (Å²) in [5.74, 6) is 0.611. The third-order valence-corrected chi connectivity index (χ3v) is 6.55. The number of likely N-dealkylation sites (tertiary alicyclic amines) is 1. The summed E-state index contributed by atoms with van der Waals surface area (Å²) in [6.07, 6.45) is 16.2. The molecule has 0 aromatic carbocycles. The third-order valence-electron chi connectivity index (χ3n) is 6.55. The minimum absolute atomic E-state index is 0.0289. The van der Waals surface area contributed by atoms with E-state index in [9.17, 15) is 9.59 Å². The number of carbonyl (C=O) groups excluding carboxylic acids is 2. The van der Waals surface area contributed by atoms with E-state index in [0.29, 0.717) is 30.3 Å². The normalized spacial score (nSPS) is 18.1. The molecule has 2 amide bonds. The minimum atomic E-state index is -0.0518. The van der Waals surface area contributed by atoms with Crippen LogP contribution in [-0.2, 0) is 4.79 Å². The lowest BCUT2D eigenvalue weighted by molar-refractivity contribution is -0.125. The van der Waals surface area contributed by atoms with Gasteiger partial charge in [0.25, 0.3) is 11.8 Å². The Bertz CT molecular complexity index is 1180. The number of nitrogens with zero attached hydrogens (tertiary/aromatic N) is 5. The zero-order valence-electron chi connectivity index (χ0n) is 18.6. The molecule has 0 unspecified atom stereocenters. The summed E-state index contributed by atoms with van der Waals surface area (Å²) in [6, 6.07) is 3.65. The average Bonchev–Trinajstić information content (AvgIpc) is 3.50. The monoisotopic (exact) mass is 444 g/mol. The summed E-state index contributed by atoms with van der Waals surface area (Å²) in [4.78, 5) is 40.0. The molecule has 5 rings (SSSR count). The smallest absolute Gasteiger partial charge is 0.272 e. The molecule has 0 saturated carbocycles. The fourth-order valence-corrected chi connectivity index (χ4v) is 4.62.